The summed E-state index contributed by atoms with van der Waals surface area (Å²) in [4.78, 5) is 18.0. The fraction of sp³-hybridized carbons (Fsp3) is 0.182. The first kappa shape index (κ1) is 19.1. The summed E-state index contributed by atoms with van der Waals surface area (Å²) >= 11 is 0. The quantitative estimate of drug-likeness (QED) is 0.597. The average Bonchev–Trinajstić information content (AvgIpc) is 3.14. The number of amides is 1. The Labute approximate surface area is 164 Å². The number of aromatic nitrogens is 3. The Morgan fingerprint density at radius 2 is 2.07 bits per heavy atom. The van der Waals surface area contributed by atoms with Crippen molar-refractivity contribution < 1.29 is 4.79 Å². The molecule has 0 bridgehead atoms. The lowest BCUT2D eigenvalue weighted by molar-refractivity contribution is -0.124. The second-order valence-corrected chi connectivity index (χ2v) is 6.36. The molecule has 1 aromatic carbocycles. The van der Waals surface area contributed by atoms with Crippen LogP contribution in [0.25, 0.3) is 17.3 Å². The zero-order valence-corrected chi connectivity index (χ0v) is 15.7. The van der Waals surface area contributed by atoms with Crippen LogP contribution in [-0.4, -0.2) is 39.2 Å². The van der Waals surface area contributed by atoms with E-state index in [2.05, 4.69) is 17.1 Å². The second kappa shape index (κ2) is 9.28. The molecule has 0 N–H and O–H groups in total. The van der Waals surface area contributed by atoms with Gasteiger partial charge in [0.25, 0.3) is 0 Å². The summed E-state index contributed by atoms with van der Waals surface area (Å²) in [5.41, 5.74) is 3.64. The van der Waals surface area contributed by atoms with E-state index in [-0.39, 0.29) is 5.91 Å². The second-order valence-electron chi connectivity index (χ2n) is 6.36. The highest BCUT2D eigenvalue weighted by Gasteiger charge is 2.11. The first-order valence-corrected chi connectivity index (χ1v) is 8.99. The van der Waals surface area contributed by atoms with E-state index in [0.29, 0.717) is 19.5 Å². The van der Waals surface area contributed by atoms with Gasteiger partial charge in [-0.3, -0.25) is 14.5 Å². The molecule has 6 heteroatoms. The third-order valence-corrected chi connectivity index (χ3v) is 4.25. The van der Waals surface area contributed by atoms with E-state index in [9.17, 15) is 4.79 Å². The first-order valence-electron chi connectivity index (χ1n) is 8.99. The molecule has 0 aliphatic rings. The molecule has 0 aliphatic heterocycles. The molecular formula is C22H21N5O. The normalized spacial score (nSPS) is 10.7. The van der Waals surface area contributed by atoms with Crippen LogP contribution in [0.3, 0.4) is 0 Å². The van der Waals surface area contributed by atoms with Gasteiger partial charge < -0.3 is 4.90 Å². The molecule has 0 saturated carbocycles. The number of likely N-dealkylation sites (N-methyl/N-ethyl adjacent to an activating group) is 1. The van der Waals surface area contributed by atoms with Gasteiger partial charge >= 0.3 is 0 Å². The molecule has 2 aromatic heterocycles. The molecule has 6 nitrogen and oxygen atoms in total. The summed E-state index contributed by atoms with van der Waals surface area (Å²) in [5.74, 6) is -0.150. The van der Waals surface area contributed by atoms with Crippen LogP contribution >= 0.6 is 0 Å². The summed E-state index contributed by atoms with van der Waals surface area (Å²) in [7, 11) is 1.69. The molecule has 2 heterocycles. The third-order valence-electron chi connectivity index (χ3n) is 4.25. The van der Waals surface area contributed by atoms with E-state index in [1.807, 2.05) is 47.3 Å². The number of nitriles is 1. The summed E-state index contributed by atoms with van der Waals surface area (Å²) in [6.07, 6.45) is 8.99. The Kier molecular flexibility index (Phi) is 6.32. The predicted molar refractivity (Wildman–Crippen MR) is 108 cm³/mol. The van der Waals surface area contributed by atoms with Crippen LogP contribution in [0.1, 0.15) is 17.5 Å². The van der Waals surface area contributed by atoms with Crippen molar-refractivity contribution in [3.05, 3.63) is 78.3 Å². The fourth-order valence-corrected chi connectivity index (χ4v) is 2.75. The molecule has 0 aliphatic carbocycles. The highest BCUT2D eigenvalue weighted by molar-refractivity contribution is 5.92. The Morgan fingerprint density at radius 3 is 2.79 bits per heavy atom. The maximum Gasteiger partial charge on any atom is 0.246 e. The Morgan fingerprint density at radius 1 is 1.25 bits per heavy atom. The van der Waals surface area contributed by atoms with Crippen molar-refractivity contribution in [3.8, 4) is 17.3 Å². The molecule has 0 atom stereocenters. The van der Waals surface area contributed by atoms with E-state index >= 15 is 0 Å². The summed E-state index contributed by atoms with van der Waals surface area (Å²) in [6, 6.07) is 15.9. The van der Waals surface area contributed by atoms with Crippen molar-refractivity contribution in [1.82, 2.24) is 19.7 Å². The van der Waals surface area contributed by atoms with E-state index in [1.54, 1.807) is 25.5 Å². The predicted octanol–water partition coefficient (Wildman–Crippen LogP) is 3.38. The van der Waals surface area contributed by atoms with Gasteiger partial charge in [-0.25, -0.2) is 0 Å². The number of carbonyl (C=O) groups is 1. The number of pyridine rings is 1. The number of benzene rings is 1. The number of carbonyl (C=O) groups excluding carboxylic acids is 1. The smallest absolute Gasteiger partial charge is 0.246 e. The molecule has 3 rings (SSSR count). The molecule has 3 aromatic rings. The number of rotatable bonds is 7. The van der Waals surface area contributed by atoms with Crippen molar-refractivity contribution in [2.45, 2.75) is 13.0 Å². The summed E-state index contributed by atoms with van der Waals surface area (Å²) in [5, 5.41) is 13.4. The minimum absolute atomic E-state index is 0.150. The van der Waals surface area contributed by atoms with Crippen LogP contribution in [0.4, 0.5) is 0 Å². The third kappa shape index (κ3) is 4.92. The fourth-order valence-electron chi connectivity index (χ4n) is 2.75. The summed E-state index contributed by atoms with van der Waals surface area (Å²) in [6.45, 7) is 1.04. The SMILES string of the molecule is CN(CCC#N)C(=O)/C=C/c1cn(Cc2ccccc2)nc1-c1cccnc1. The zero-order valence-electron chi connectivity index (χ0n) is 15.7. The van der Waals surface area contributed by atoms with Crippen molar-refractivity contribution >= 4 is 12.0 Å². The van der Waals surface area contributed by atoms with Gasteiger partial charge in [-0.05, 0) is 23.8 Å². The van der Waals surface area contributed by atoms with Crippen LogP contribution < -0.4 is 0 Å². The minimum atomic E-state index is -0.150. The number of hydrogen-bond donors (Lipinski definition) is 0. The van der Waals surface area contributed by atoms with Gasteiger partial charge in [0.2, 0.25) is 5.91 Å². The van der Waals surface area contributed by atoms with E-state index in [0.717, 1.165) is 22.4 Å². The van der Waals surface area contributed by atoms with Crippen molar-refractivity contribution in [2.75, 3.05) is 13.6 Å². The van der Waals surface area contributed by atoms with Gasteiger partial charge in [0, 0.05) is 49.4 Å². The lowest BCUT2D eigenvalue weighted by Gasteiger charge is -2.12. The topological polar surface area (TPSA) is 74.8 Å². The Hall–Kier alpha value is -3.72. The highest BCUT2D eigenvalue weighted by atomic mass is 16.2. The monoisotopic (exact) mass is 371 g/mol. The maximum atomic E-state index is 12.3. The largest absolute Gasteiger partial charge is 0.341 e. The van der Waals surface area contributed by atoms with Crippen molar-refractivity contribution in [3.63, 3.8) is 0 Å². The van der Waals surface area contributed by atoms with Crippen LogP contribution in [0, 0.1) is 11.3 Å². The summed E-state index contributed by atoms with van der Waals surface area (Å²) < 4.78 is 1.86. The minimum Gasteiger partial charge on any atom is -0.341 e. The van der Waals surface area contributed by atoms with Crippen LogP contribution in [0.15, 0.2) is 67.1 Å². The molecular weight excluding hydrogens is 350 g/mol. The van der Waals surface area contributed by atoms with Gasteiger partial charge in [0.15, 0.2) is 0 Å². The van der Waals surface area contributed by atoms with Gasteiger partial charge in [0.05, 0.1) is 19.0 Å². The van der Waals surface area contributed by atoms with Crippen LogP contribution in [0.2, 0.25) is 0 Å². The molecule has 1 amide bonds. The van der Waals surface area contributed by atoms with Gasteiger partial charge in [-0.1, -0.05) is 30.3 Å². The Bertz CT molecular complexity index is 987. The molecule has 0 fully saturated rings. The molecule has 140 valence electrons. The van der Waals surface area contributed by atoms with Gasteiger partial charge in [-0.2, -0.15) is 10.4 Å². The number of nitrogens with zero attached hydrogens (tertiary/aromatic N) is 5. The first-order chi connectivity index (χ1) is 13.7. The standard InChI is InChI=1S/C22H21N5O/c1-26(14-6-12-23)21(28)11-10-20-17-27(16-18-7-3-2-4-8-18)25-22(20)19-9-5-13-24-15-19/h2-5,7-11,13,15,17H,6,14,16H2,1H3/b11-10+. The van der Waals surface area contributed by atoms with E-state index < -0.39 is 0 Å². The van der Waals surface area contributed by atoms with Gasteiger partial charge in [-0.15, -0.1) is 0 Å². The molecule has 0 unspecified atom stereocenters. The van der Waals surface area contributed by atoms with Crippen molar-refractivity contribution in [2.24, 2.45) is 0 Å². The van der Waals surface area contributed by atoms with Crippen LogP contribution in [-0.2, 0) is 11.3 Å². The lowest BCUT2D eigenvalue weighted by Crippen LogP contribution is -2.25. The molecule has 28 heavy (non-hydrogen) atoms. The lowest BCUT2D eigenvalue weighted by atomic mass is 10.1. The highest BCUT2D eigenvalue weighted by Crippen LogP contribution is 2.23. The van der Waals surface area contributed by atoms with E-state index in [1.165, 1.54) is 11.0 Å². The maximum absolute atomic E-state index is 12.3. The molecule has 0 radical (unpaired) electrons. The van der Waals surface area contributed by atoms with Crippen LogP contribution in [0.5, 0.6) is 0 Å². The van der Waals surface area contributed by atoms with Crippen molar-refractivity contribution in [1.29, 1.82) is 5.26 Å². The van der Waals surface area contributed by atoms with Gasteiger partial charge in [0.1, 0.15) is 5.69 Å². The average molecular weight is 371 g/mol. The van der Waals surface area contributed by atoms with E-state index in [4.69, 9.17) is 10.4 Å². The Balaban J connectivity index is 1.87. The number of hydrogen-bond acceptors (Lipinski definition) is 4. The zero-order chi connectivity index (χ0) is 19.8. The molecule has 0 saturated heterocycles. The molecule has 0 spiro atoms.